The summed E-state index contributed by atoms with van der Waals surface area (Å²) in [5.74, 6) is 0.0509. The highest BCUT2D eigenvalue weighted by atomic mass is 16.6. The average Bonchev–Trinajstić information content (AvgIpc) is 2.94. The van der Waals surface area contributed by atoms with Crippen LogP contribution in [0, 0.1) is 10.1 Å². The lowest BCUT2D eigenvalue weighted by Gasteiger charge is -2.31. The lowest BCUT2D eigenvalue weighted by atomic mass is 9.77. The second-order valence-corrected chi connectivity index (χ2v) is 5.94. The van der Waals surface area contributed by atoms with Gasteiger partial charge in [0.05, 0.1) is 10.5 Å². The van der Waals surface area contributed by atoms with Gasteiger partial charge >= 0.3 is 0 Å². The number of nitro groups is 1. The summed E-state index contributed by atoms with van der Waals surface area (Å²) >= 11 is 0. The largest absolute Gasteiger partial charge is 0.343 e. The number of aromatic amines is 2. The molecule has 1 atom stereocenters. The van der Waals surface area contributed by atoms with E-state index in [1.807, 2.05) is 0 Å². The maximum atomic E-state index is 12.5. The van der Waals surface area contributed by atoms with Gasteiger partial charge in [0.15, 0.2) is 5.78 Å². The number of hydrogen-bond donors (Lipinski definition) is 3. The van der Waals surface area contributed by atoms with Crippen LogP contribution in [0.5, 0.6) is 0 Å². The van der Waals surface area contributed by atoms with Crippen LogP contribution in [0.2, 0.25) is 0 Å². The van der Waals surface area contributed by atoms with E-state index in [1.54, 1.807) is 12.1 Å². The van der Waals surface area contributed by atoms with Crippen LogP contribution < -0.4 is 10.9 Å². The summed E-state index contributed by atoms with van der Waals surface area (Å²) in [6.45, 7) is 0. The molecule has 2 heterocycles. The average molecular weight is 326 g/mol. The van der Waals surface area contributed by atoms with Crippen molar-refractivity contribution in [1.29, 1.82) is 0 Å². The van der Waals surface area contributed by atoms with E-state index in [0.717, 1.165) is 18.5 Å². The van der Waals surface area contributed by atoms with Crippen molar-refractivity contribution < 1.29 is 9.72 Å². The van der Waals surface area contributed by atoms with Gasteiger partial charge in [0.25, 0.3) is 11.2 Å². The van der Waals surface area contributed by atoms with Gasteiger partial charge in [-0.15, -0.1) is 0 Å². The van der Waals surface area contributed by atoms with E-state index in [0.29, 0.717) is 28.9 Å². The monoisotopic (exact) mass is 326 g/mol. The second-order valence-electron chi connectivity index (χ2n) is 5.94. The third-order valence-electron chi connectivity index (χ3n) is 4.56. The number of anilines is 1. The van der Waals surface area contributed by atoms with Crippen LogP contribution in [0.4, 0.5) is 11.5 Å². The van der Waals surface area contributed by atoms with Crippen molar-refractivity contribution in [2.24, 2.45) is 0 Å². The lowest BCUT2D eigenvalue weighted by molar-refractivity contribution is -0.384. The second kappa shape index (κ2) is 5.19. The SMILES string of the molecule is O=C1CCCC2=C1[C@H](c1ccc([N+](=O)[O-])cc1)c1c([nH][nH]c1=O)N2. The fourth-order valence-corrected chi connectivity index (χ4v) is 3.49. The Morgan fingerprint density at radius 3 is 2.54 bits per heavy atom. The number of nitrogens with one attached hydrogen (secondary N) is 3. The van der Waals surface area contributed by atoms with Crippen molar-refractivity contribution in [3.8, 4) is 0 Å². The Morgan fingerprint density at radius 1 is 1.08 bits per heavy atom. The Labute approximate surface area is 135 Å². The molecule has 0 fully saturated rings. The molecule has 3 N–H and O–H groups in total. The number of carbonyl (C=O) groups is 1. The maximum absolute atomic E-state index is 12.5. The fraction of sp³-hybridized carbons (Fsp3) is 0.250. The van der Waals surface area contributed by atoms with E-state index in [-0.39, 0.29) is 17.0 Å². The Kier molecular flexibility index (Phi) is 3.12. The normalized spacial score (nSPS) is 19.5. The van der Waals surface area contributed by atoms with Crippen molar-refractivity contribution >= 4 is 17.3 Å². The highest BCUT2D eigenvalue weighted by molar-refractivity contribution is 6.00. The zero-order valence-electron chi connectivity index (χ0n) is 12.6. The van der Waals surface area contributed by atoms with Crippen molar-refractivity contribution in [3.63, 3.8) is 0 Å². The molecule has 0 spiro atoms. The standard InChI is InChI=1S/C16H14N4O4/c21-11-3-1-2-10-13(11)12(14-15(17-10)18-19-16(14)22)8-4-6-9(7-5-8)20(23)24/h4-7,12H,1-3H2,(H3,17,18,19,22)/t12-/m0/s1. The number of benzene rings is 1. The van der Waals surface area contributed by atoms with Gasteiger partial charge in [0.2, 0.25) is 0 Å². The number of carbonyl (C=O) groups excluding carboxylic acids is 1. The van der Waals surface area contributed by atoms with Crippen LogP contribution in [0.15, 0.2) is 40.3 Å². The number of rotatable bonds is 2. The zero-order chi connectivity index (χ0) is 16.8. The van der Waals surface area contributed by atoms with E-state index in [1.165, 1.54) is 12.1 Å². The fourth-order valence-electron chi connectivity index (χ4n) is 3.49. The summed E-state index contributed by atoms with van der Waals surface area (Å²) in [6.07, 6.45) is 1.94. The molecule has 0 amide bonds. The van der Waals surface area contributed by atoms with Crippen LogP contribution in [0.3, 0.4) is 0 Å². The van der Waals surface area contributed by atoms with E-state index in [2.05, 4.69) is 15.5 Å². The minimum Gasteiger partial charge on any atom is -0.343 e. The molecule has 1 aromatic heterocycles. The van der Waals surface area contributed by atoms with Gasteiger partial charge in [-0.25, -0.2) is 0 Å². The minimum absolute atomic E-state index is 0.0124. The van der Waals surface area contributed by atoms with Crippen LogP contribution >= 0.6 is 0 Å². The Morgan fingerprint density at radius 2 is 1.83 bits per heavy atom. The highest BCUT2D eigenvalue weighted by Crippen LogP contribution is 2.43. The quantitative estimate of drug-likeness (QED) is 0.577. The molecule has 0 saturated carbocycles. The van der Waals surface area contributed by atoms with Crippen molar-refractivity contribution in [2.75, 3.05) is 5.32 Å². The van der Waals surface area contributed by atoms with Crippen LogP contribution in [-0.2, 0) is 4.79 Å². The third-order valence-corrected chi connectivity index (χ3v) is 4.56. The van der Waals surface area contributed by atoms with E-state index >= 15 is 0 Å². The van der Waals surface area contributed by atoms with Crippen LogP contribution in [0.25, 0.3) is 0 Å². The molecule has 2 aromatic rings. The number of Topliss-reactive ketones (excluding diaryl/α,β-unsaturated/α-hetero) is 1. The Bertz CT molecular complexity index is 936. The molecule has 0 unspecified atom stereocenters. The molecule has 2 aliphatic rings. The molecule has 4 rings (SSSR count). The highest BCUT2D eigenvalue weighted by Gasteiger charge is 2.37. The molecule has 8 heteroatoms. The predicted octanol–water partition coefficient (Wildman–Crippen LogP) is 2.18. The van der Waals surface area contributed by atoms with E-state index in [4.69, 9.17) is 0 Å². The molecule has 0 saturated heterocycles. The van der Waals surface area contributed by atoms with Crippen molar-refractivity contribution in [1.82, 2.24) is 10.2 Å². The summed E-state index contributed by atoms with van der Waals surface area (Å²) in [4.78, 5) is 35.1. The van der Waals surface area contributed by atoms with E-state index in [9.17, 15) is 19.7 Å². The molecule has 1 aliphatic carbocycles. The van der Waals surface area contributed by atoms with Crippen LogP contribution in [-0.4, -0.2) is 20.9 Å². The van der Waals surface area contributed by atoms with Gasteiger partial charge in [-0.1, -0.05) is 12.1 Å². The number of ketones is 1. The summed E-state index contributed by atoms with van der Waals surface area (Å²) in [5.41, 5.74) is 2.21. The Balaban J connectivity index is 1.90. The van der Waals surface area contributed by atoms with Gasteiger partial charge in [0, 0.05) is 35.7 Å². The summed E-state index contributed by atoms with van der Waals surface area (Å²) < 4.78 is 0. The molecule has 122 valence electrons. The summed E-state index contributed by atoms with van der Waals surface area (Å²) in [5, 5.41) is 19.3. The molecule has 0 bridgehead atoms. The zero-order valence-corrected chi connectivity index (χ0v) is 12.6. The number of allylic oxidation sites excluding steroid dienone is 2. The van der Waals surface area contributed by atoms with Gasteiger partial charge < -0.3 is 5.32 Å². The van der Waals surface area contributed by atoms with Gasteiger partial charge in [-0.2, -0.15) is 0 Å². The molecule has 8 nitrogen and oxygen atoms in total. The molecular formula is C16H14N4O4. The van der Waals surface area contributed by atoms with Gasteiger partial charge in [-0.3, -0.25) is 29.9 Å². The topological polar surface area (TPSA) is 121 Å². The number of non-ortho nitro benzene ring substituents is 1. The van der Waals surface area contributed by atoms with Gasteiger partial charge in [0.1, 0.15) is 5.82 Å². The number of nitrogens with zero attached hydrogens (tertiary/aromatic N) is 1. The molecule has 0 radical (unpaired) electrons. The predicted molar refractivity (Wildman–Crippen MR) is 85.9 cm³/mol. The number of hydrogen-bond acceptors (Lipinski definition) is 5. The number of fused-ring (bicyclic) bond motifs is 1. The molecular weight excluding hydrogens is 312 g/mol. The third kappa shape index (κ3) is 2.07. The minimum atomic E-state index is -0.514. The lowest BCUT2D eigenvalue weighted by Crippen LogP contribution is -2.29. The molecule has 1 aromatic carbocycles. The first-order valence-corrected chi connectivity index (χ1v) is 7.64. The number of nitro benzene ring substituents is 1. The first kappa shape index (κ1) is 14.4. The summed E-state index contributed by atoms with van der Waals surface area (Å²) in [6, 6.07) is 6.00. The number of H-pyrrole nitrogens is 2. The smallest absolute Gasteiger partial charge is 0.270 e. The van der Waals surface area contributed by atoms with Crippen molar-refractivity contribution in [2.45, 2.75) is 25.2 Å². The van der Waals surface area contributed by atoms with Crippen LogP contribution in [0.1, 0.15) is 36.3 Å². The maximum Gasteiger partial charge on any atom is 0.270 e. The first-order valence-electron chi connectivity index (χ1n) is 7.64. The van der Waals surface area contributed by atoms with Gasteiger partial charge in [-0.05, 0) is 18.4 Å². The number of aromatic nitrogens is 2. The molecule has 1 aliphatic heterocycles. The first-order chi connectivity index (χ1) is 11.6. The van der Waals surface area contributed by atoms with E-state index < -0.39 is 10.8 Å². The van der Waals surface area contributed by atoms with Crippen molar-refractivity contribution in [3.05, 3.63) is 67.1 Å². The molecule has 24 heavy (non-hydrogen) atoms. The summed E-state index contributed by atoms with van der Waals surface area (Å²) in [7, 11) is 0. The Hall–Kier alpha value is -3.16.